The average molecular weight is 300 g/mol. The van der Waals surface area contributed by atoms with Gasteiger partial charge in [0.05, 0.1) is 5.69 Å². The van der Waals surface area contributed by atoms with Gasteiger partial charge in [-0.3, -0.25) is 9.59 Å². The zero-order chi connectivity index (χ0) is 12.6. The lowest BCUT2D eigenvalue weighted by Crippen LogP contribution is -2.43. The van der Waals surface area contributed by atoms with Crippen LogP contribution in [0, 0.1) is 11.7 Å². The quantitative estimate of drug-likeness (QED) is 0.748. The first kappa shape index (κ1) is 12.2. The van der Waals surface area contributed by atoms with Crippen LogP contribution in [0.4, 0.5) is 10.1 Å². The van der Waals surface area contributed by atoms with E-state index in [0.717, 1.165) is 4.90 Å². The van der Waals surface area contributed by atoms with Gasteiger partial charge in [0.15, 0.2) is 0 Å². The second kappa shape index (κ2) is 4.56. The minimum atomic E-state index is -0.573. The van der Waals surface area contributed by atoms with Gasteiger partial charge in [0.25, 0.3) is 0 Å². The topological polar surface area (TPSA) is 37.4 Å². The van der Waals surface area contributed by atoms with Gasteiger partial charge in [-0.15, -0.1) is 0 Å². The van der Waals surface area contributed by atoms with Crippen molar-refractivity contribution in [3.05, 3.63) is 28.5 Å². The first-order valence-corrected chi connectivity index (χ1v) is 6.09. The van der Waals surface area contributed by atoms with Crippen molar-refractivity contribution in [2.75, 3.05) is 4.90 Å². The van der Waals surface area contributed by atoms with E-state index in [-0.39, 0.29) is 36.3 Å². The molecule has 0 spiro atoms. The van der Waals surface area contributed by atoms with Gasteiger partial charge in [0, 0.05) is 17.3 Å². The Balaban J connectivity index is 2.38. The zero-order valence-corrected chi connectivity index (χ0v) is 10.8. The molecule has 0 aromatic heterocycles. The molecule has 3 nitrogen and oxygen atoms in total. The molecular formula is C12H11BrFNO2. The molecule has 1 saturated heterocycles. The Bertz CT molecular complexity index is 471. The predicted molar refractivity (Wildman–Crippen MR) is 65.0 cm³/mol. The van der Waals surface area contributed by atoms with Crippen LogP contribution in [0.3, 0.4) is 0 Å². The molecule has 0 N–H and O–H groups in total. The van der Waals surface area contributed by atoms with Crippen LogP contribution in [0.5, 0.6) is 0 Å². The Labute approximate surface area is 107 Å². The molecule has 0 atom stereocenters. The molecule has 1 aromatic rings. The Kier molecular flexibility index (Phi) is 3.28. The predicted octanol–water partition coefficient (Wildman–Crippen LogP) is 2.88. The number of amides is 2. The number of benzene rings is 1. The SMILES string of the molecule is CC1CC(=O)N(c2ccc(Br)cc2F)C(=O)C1. The smallest absolute Gasteiger partial charge is 0.234 e. The number of halogens is 2. The van der Waals surface area contributed by atoms with Crippen molar-refractivity contribution in [1.82, 2.24) is 0 Å². The largest absolute Gasteiger partial charge is 0.274 e. The van der Waals surface area contributed by atoms with Crippen molar-refractivity contribution in [1.29, 1.82) is 0 Å². The molecule has 0 aliphatic carbocycles. The van der Waals surface area contributed by atoms with Gasteiger partial charge in [-0.05, 0) is 24.1 Å². The number of carbonyl (C=O) groups is 2. The fourth-order valence-corrected chi connectivity index (χ4v) is 2.25. The summed E-state index contributed by atoms with van der Waals surface area (Å²) < 4.78 is 14.3. The Morgan fingerprint density at radius 2 is 1.88 bits per heavy atom. The van der Waals surface area contributed by atoms with Crippen molar-refractivity contribution in [3.63, 3.8) is 0 Å². The summed E-state index contributed by atoms with van der Waals surface area (Å²) in [5.41, 5.74) is 0.0371. The highest BCUT2D eigenvalue weighted by atomic mass is 79.9. The highest BCUT2D eigenvalue weighted by Crippen LogP contribution is 2.28. The minimum absolute atomic E-state index is 0.0322. The van der Waals surface area contributed by atoms with Gasteiger partial charge >= 0.3 is 0 Å². The molecule has 2 rings (SSSR count). The van der Waals surface area contributed by atoms with Gasteiger partial charge < -0.3 is 0 Å². The summed E-state index contributed by atoms with van der Waals surface area (Å²) in [6.45, 7) is 1.84. The van der Waals surface area contributed by atoms with Crippen molar-refractivity contribution in [2.24, 2.45) is 5.92 Å². The summed E-state index contributed by atoms with van der Waals surface area (Å²) >= 11 is 3.13. The van der Waals surface area contributed by atoms with Crippen molar-refractivity contribution in [3.8, 4) is 0 Å². The van der Waals surface area contributed by atoms with Crippen LogP contribution in [0.2, 0.25) is 0 Å². The van der Waals surface area contributed by atoms with Gasteiger partial charge in [0.2, 0.25) is 11.8 Å². The van der Waals surface area contributed by atoms with E-state index in [1.54, 1.807) is 6.07 Å². The molecule has 1 aliphatic rings. The molecule has 1 fully saturated rings. The summed E-state index contributed by atoms with van der Waals surface area (Å²) in [6, 6.07) is 4.29. The molecule has 0 radical (unpaired) electrons. The lowest BCUT2D eigenvalue weighted by molar-refractivity contribution is -0.130. The van der Waals surface area contributed by atoms with Gasteiger partial charge in [-0.2, -0.15) is 0 Å². The van der Waals surface area contributed by atoms with E-state index in [1.165, 1.54) is 12.1 Å². The standard InChI is InChI=1S/C12H11BrFNO2/c1-7-4-11(16)15(12(17)5-7)10-3-2-8(13)6-9(10)14/h2-3,6-7H,4-5H2,1H3. The molecule has 0 bridgehead atoms. The van der Waals surface area contributed by atoms with Crippen LogP contribution >= 0.6 is 15.9 Å². The highest BCUT2D eigenvalue weighted by Gasteiger charge is 2.32. The van der Waals surface area contributed by atoms with E-state index in [4.69, 9.17) is 0 Å². The first-order valence-electron chi connectivity index (χ1n) is 5.30. The van der Waals surface area contributed by atoms with E-state index >= 15 is 0 Å². The fourth-order valence-electron chi connectivity index (χ4n) is 1.92. The third-order valence-electron chi connectivity index (χ3n) is 2.70. The van der Waals surface area contributed by atoms with Gasteiger partial charge in [-0.1, -0.05) is 22.9 Å². The number of piperidine rings is 1. The van der Waals surface area contributed by atoms with Crippen molar-refractivity contribution >= 4 is 33.4 Å². The molecule has 0 unspecified atom stereocenters. The summed E-state index contributed by atoms with van der Waals surface area (Å²) in [6.07, 6.45) is 0.558. The van der Waals surface area contributed by atoms with Crippen LogP contribution < -0.4 is 4.90 Å². The maximum absolute atomic E-state index is 13.7. The molecule has 90 valence electrons. The summed E-state index contributed by atoms with van der Waals surface area (Å²) in [5.74, 6) is -1.22. The average Bonchev–Trinajstić information content (AvgIpc) is 2.19. The highest BCUT2D eigenvalue weighted by molar-refractivity contribution is 9.10. The lowest BCUT2D eigenvalue weighted by Gasteiger charge is -2.28. The number of hydrogen-bond donors (Lipinski definition) is 0. The number of hydrogen-bond acceptors (Lipinski definition) is 2. The number of rotatable bonds is 1. The molecular weight excluding hydrogens is 289 g/mol. The Hall–Kier alpha value is -1.23. The monoisotopic (exact) mass is 299 g/mol. The van der Waals surface area contributed by atoms with Gasteiger partial charge in [0.1, 0.15) is 5.82 Å². The normalized spacial score (nSPS) is 17.7. The molecule has 17 heavy (non-hydrogen) atoms. The molecule has 0 saturated carbocycles. The van der Waals surface area contributed by atoms with Crippen molar-refractivity contribution in [2.45, 2.75) is 19.8 Å². The second-order valence-corrected chi connectivity index (χ2v) is 5.15. The molecule has 2 amide bonds. The number of nitrogens with zero attached hydrogens (tertiary/aromatic N) is 1. The maximum atomic E-state index is 13.7. The second-order valence-electron chi connectivity index (χ2n) is 4.23. The van der Waals surface area contributed by atoms with Crippen LogP contribution in [0.1, 0.15) is 19.8 Å². The van der Waals surface area contributed by atoms with E-state index in [1.807, 2.05) is 6.92 Å². The lowest BCUT2D eigenvalue weighted by atomic mass is 9.97. The van der Waals surface area contributed by atoms with Crippen LogP contribution in [0.25, 0.3) is 0 Å². The molecule has 1 heterocycles. The van der Waals surface area contributed by atoms with E-state index in [2.05, 4.69) is 15.9 Å². The number of anilines is 1. The number of imide groups is 1. The minimum Gasteiger partial charge on any atom is -0.274 e. The zero-order valence-electron chi connectivity index (χ0n) is 9.24. The van der Waals surface area contributed by atoms with E-state index in [0.29, 0.717) is 4.47 Å². The molecule has 1 aliphatic heterocycles. The third kappa shape index (κ3) is 2.39. The van der Waals surface area contributed by atoms with Crippen LogP contribution in [0.15, 0.2) is 22.7 Å². The summed E-state index contributed by atoms with van der Waals surface area (Å²) in [7, 11) is 0. The fraction of sp³-hybridized carbons (Fsp3) is 0.333. The van der Waals surface area contributed by atoms with Crippen LogP contribution in [-0.2, 0) is 9.59 Å². The molecule has 1 aromatic carbocycles. The molecule has 5 heteroatoms. The van der Waals surface area contributed by atoms with Crippen LogP contribution in [-0.4, -0.2) is 11.8 Å². The summed E-state index contributed by atoms with van der Waals surface area (Å²) in [4.78, 5) is 24.5. The Morgan fingerprint density at radius 3 is 2.41 bits per heavy atom. The van der Waals surface area contributed by atoms with Gasteiger partial charge in [-0.25, -0.2) is 9.29 Å². The number of carbonyl (C=O) groups excluding carboxylic acids is 2. The summed E-state index contributed by atoms with van der Waals surface area (Å²) in [5, 5.41) is 0. The Morgan fingerprint density at radius 1 is 1.29 bits per heavy atom. The van der Waals surface area contributed by atoms with E-state index in [9.17, 15) is 14.0 Å². The third-order valence-corrected chi connectivity index (χ3v) is 3.19. The first-order chi connectivity index (χ1) is 7.99. The maximum Gasteiger partial charge on any atom is 0.234 e. The van der Waals surface area contributed by atoms with Crippen molar-refractivity contribution < 1.29 is 14.0 Å². The van der Waals surface area contributed by atoms with E-state index < -0.39 is 5.82 Å².